The summed E-state index contributed by atoms with van der Waals surface area (Å²) in [5, 5.41) is 3.58. The van der Waals surface area contributed by atoms with Gasteiger partial charge in [0.2, 0.25) is 0 Å². The summed E-state index contributed by atoms with van der Waals surface area (Å²) in [6.45, 7) is 9.89. The van der Waals surface area contributed by atoms with Crippen molar-refractivity contribution in [1.29, 1.82) is 0 Å². The smallest absolute Gasteiger partial charge is 0.0236 e. The van der Waals surface area contributed by atoms with Crippen LogP contribution < -0.4 is 5.32 Å². The van der Waals surface area contributed by atoms with Crippen LogP contribution in [0.3, 0.4) is 0 Å². The van der Waals surface area contributed by atoms with Crippen LogP contribution in [0.25, 0.3) is 0 Å². The Labute approximate surface area is 129 Å². The molecule has 0 aliphatic rings. The third-order valence-electron chi connectivity index (χ3n) is 3.67. The highest BCUT2D eigenvalue weighted by molar-refractivity contribution is 7.98. The van der Waals surface area contributed by atoms with E-state index in [0.717, 1.165) is 32.7 Å². The Bertz CT molecular complexity index is 351. The second-order valence-corrected chi connectivity index (χ2v) is 6.09. The lowest BCUT2D eigenvalue weighted by atomic mass is 10.1. The van der Waals surface area contributed by atoms with Gasteiger partial charge >= 0.3 is 0 Å². The molecule has 0 aromatic heterocycles. The number of hydrogen-bond acceptors (Lipinski definition) is 3. The lowest BCUT2D eigenvalue weighted by molar-refractivity contribution is 0.295. The average molecular weight is 295 g/mol. The zero-order valence-corrected chi connectivity index (χ0v) is 14.1. The molecular formula is C17H30N2S. The molecule has 1 aromatic rings. The fourth-order valence-corrected chi connectivity index (χ4v) is 2.78. The van der Waals surface area contributed by atoms with Gasteiger partial charge < -0.3 is 5.32 Å². The van der Waals surface area contributed by atoms with Crippen LogP contribution in [0, 0.1) is 0 Å². The first-order valence-electron chi connectivity index (χ1n) is 7.80. The van der Waals surface area contributed by atoms with Crippen molar-refractivity contribution in [3.8, 4) is 0 Å². The molecule has 0 heterocycles. The van der Waals surface area contributed by atoms with E-state index < -0.39 is 0 Å². The molecule has 1 aromatic carbocycles. The molecule has 1 N–H and O–H groups in total. The number of rotatable bonds is 11. The van der Waals surface area contributed by atoms with E-state index in [1.165, 1.54) is 29.7 Å². The summed E-state index contributed by atoms with van der Waals surface area (Å²) < 4.78 is 0. The number of hydrogen-bond donors (Lipinski definition) is 1. The third kappa shape index (κ3) is 6.78. The Hall–Kier alpha value is -0.510. The zero-order valence-electron chi connectivity index (χ0n) is 13.3. The van der Waals surface area contributed by atoms with Gasteiger partial charge in [-0.3, -0.25) is 4.90 Å². The summed E-state index contributed by atoms with van der Waals surface area (Å²) in [7, 11) is 0. The molecule has 0 aliphatic heterocycles. The maximum absolute atomic E-state index is 3.58. The molecule has 0 atom stereocenters. The van der Waals surface area contributed by atoms with Gasteiger partial charge in [-0.15, -0.1) is 0 Å². The molecular weight excluding hydrogens is 264 g/mol. The first-order valence-corrected chi connectivity index (χ1v) is 9.20. The topological polar surface area (TPSA) is 15.3 Å². The van der Waals surface area contributed by atoms with E-state index in [9.17, 15) is 0 Å². The van der Waals surface area contributed by atoms with Crippen LogP contribution in [0.4, 0.5) is 0 Å². The van der Waals surface area contributed by atoms with Gasteiger partial charge in [-0.25, -0.2) is 0 Å². The van der Waals surface area contributed by atoms with Crippen LogP contribution in [0.15, 0.2) is 24.3 Å². The molecule has 0 bridgehead atoms. The summed E-state index contributed by atoms with van der Waals surface area (Å²) in [5.41, 5.74) is 2.91. The van der Waals surface area contributed by atoms with Crippen molar-refractivity contribution in [2.45, 2.75) is 39.8 Å². The van der Waals surface area contributed by atoms with Crippen LogP contribution >= 0.6 is 11.8 Å². The lowest BCUT2D eigenvalue weighted by Gasteiger charge is -2.20. The summed E-state index contributed by atoms with van der Waals surface area (Å²) in [4.78, 5) is 2.47. The summed E-state index contributed by atoms with van der Waals surface area (Å²) >= 11 is 1.94. The Morgan fingerprint density at radius 2 is 1.75 bits per heavy atom. The van der Waals surface area contributed by atoms with E-state index in [0.29, 0.717) is 0 Å². The summed E-state index contributed by atoms with van der Waals surface area (Å²) in [6, 6.07) is 8.83. The SMILES string of the molecule is CCN(CC)Cc1ccccc1CNCCCCSC. The molecule has 114 valence electrons. The van der Waals surface area contributed by atoms with E-state index in [1.54, 1.807) is 0 Å². The maximum Gasteiger partial charge on any atom is 0.0236 e. The number of nitrogens with one attached hydrogen (secondary N) is 1. The van der Waals surface area contributed by atoms with E-state index in [4.69, 9.17) is 0 Å². The molecule has 0 aliphatic carbocycles. The maximum atomic E-state index is 3.58. The van der Waals surface area contributed by atoms with Crippen molar-refractivity contribution >= 4 is 11.8 Å². The van der Waals surface area contributed by atoms with E-state index >= 15 is 0 Å². The minimum atomic E-state index is 0.997. The molecule has 0 fully saturated rings. The highest BCUT2D eigenvalue weighted by Crippen LogP contribution is 2.11. The molecule has 0 amide bonds. The first-order chi connectivity index (χ1) is 9.81. The van der Waals surface area contributed by atoms with Crippen LogP contribution in [0.1, 0.15) is 37.8 Å². The largest absolute Gasteiger partial charge is 0.313 e. The minimum Gasteiger partial charge on any atom is -0.313 e. The normalized spacial score (nSPS) is 11.2. The fraction of sp³-hybridized carbons (Fsp3) is 0.647. The average Bonchev–Trinajstić information content (AvgIpc) is 2.49. The molecule has 0 saturated carbocycles. The summed E-state index contributed by atoms with van der Waals surface area (Å²) in [6.07, 6.45) is 4.77. The standard InChI is InChI=1S/C17H30N2S/c1-4-19(5-2)15-17-11-7-6-10-16(17)14-18-12-8-9-13-20-3/h6-7,10-11,18H,4-5,8-9,12-15H2,1-3H3. The Morgan fingerprint density at radius 3 is 2.40 bits per heavy atom. The number of nitrogens with zero attached hydrogens (tertiary/aromatic N) is 1. The Balaban J connectivity index is 2.40. The van der Waals surface area contributed by atoms with Gasteiger partial charge in [0.05, 0.1) is 0 Å². The van der Waals surface area contributed by atoms with Crippen molar-refractivity contribution in [1.82, 2.24) is 10.2 Å². The van der Waals surface area contributed by atoms with Gasteiger partial charge in [-0.1, -0.05) is 38.1 Å². The van der Waals surface area contributed by atoms with Crippen molar-refractivity contribution in [3.63, 3.8) is 0 Å². The second-order valence-electron chi connectivity index (χ2n) is 5.11. The van der Waals surface area contributed by atoms with Crippen molar-refractivity contribution < 1.29 is 0 Å². The molecule has 0 saturated heterocycles. The third-order valence-corrected chi connectivity index (χ3v) is 4.37. The van der Waals surface area contributed by atoms with Gasteiger partial charge in [0.25, 0.3) is 0 Å². The van der Waals surface area contributed by atoms with E-state index in [-0.39, 0.29) is 0 Å². The van der Waals surface area contributed by atoms with Crippen LogP contribution in [-0.4, -0.2) is 36.5 Å². The predicted molar refractivity (Wildman–Crippen MR) is 92.4 cm³/mol. The van der Waals surface area contributed by atoms with Crippen molar-refractivity contribution in [2.24, 2.45) is 0 Å². The fourth-order valence-electron chi connectivity index (χ4n) is 2.29. The molecule has 0 unspecified atom stereocenters. The molecule has 3 heteroatoms. The Morgan fingerprint density at radius 1 is 1.05 bits per heavy atom. The summed E-state index contributed by atoms with van der Waals surface area (Å²) in [5.74, 6) is 1.28. The second kappa shape index (κ2) is 11.2. The van der Waals surface area contributed by atoms with Crippen LogP contribution in [0.2, 0.25) is 0 Å². The minimum absolute atomic E-state index is 0.997. The van der Waals surface area contributed by atoms with E-state index in [2.05, 4.69) is 54.6 Å². The van der Waals surface area contributed by atoms with Crippen LogP contribution in [-0.2, 0) is 13.1 Å². The van der Waals surface area contributed by atoms with Gasteiger partial charge in [0.1, 0.15) is 0 Å². The molecule has 2 nitrogen and oxygen atoms in total. The zero-order chi connectivity index (χ0) is 14.6. The molecule has 1 rings (SSSR count). The number of thioether (sulfide) groups is 1. The van der Waals surface area contributed by atoms with Gasteiger partial charge in [0, 0.05) is 13.1 Å². The lowest BCUT2D eigenvalue weighted by Crippen LogP contribution is -2.24. The van der Waals surface area contributed by atoms with Crippen molar-refractivity contribution in [3.05, 3.63) is 35.4 Å². The van der Waals surface area contributed by atoms with Crippen LogP contribution in [0.5, 0.6) is 0 Å². The van der Waals surface area contributed by atoms with Gasteiger partial charge in [-0.2, -0.15) is 11.8 Å². The van der Waals surface area contributed by atoms with Crippen molar-refractivity contribution in [2.75, 3.05) is 31.6 Å². The van der Waals surface area contributed by atoms with Gasteiger partial charge in [0.15, 0.2) is 0 Å². The Kier molecular flexibility index (Phi) is 9.81. The number of benzene rings is 1. The first kappa shape index (κ1) is 17.5. The molecule has 0 spiro atoms. The monoisotopic (exact) mass is 294 g/mol. The molecule has 0 radical (unpaired) electrons. The number of unbranched alkanes of at least 4 members (excludes halogenated alkanes) is 1. The quantitative estimate of drug-likeness (QED) is 0.626. The highest BCUT2D eigenvalue weighted by atomic mass is 32.2. The van der Waals surface area contributed by atoms with E-state index in [1.807, 2.05) is 11.8 Å². The predicted octanol–water partition coefficient (Wildman–Crippen LogP) is 3.76. The van der Waals surface area contributed by atoms with Gasteiger partial charge in [-0.05, 0) is 55.6 Å². The molecule has 20 heavy (non-hydrogen) atoms. The highest BCUT2D eigenvalue weighted by Gasteiger charge is 2.05.